The van der Waals surface area contributed by atoms with E-state index in [-0.39, 0.29) is 11.8 Å². The van der Waals surface area contributed by atoms with Crippen molar-refractivity contribution in [1.29, 1.82) is 0 Å². The number of rotatable bonds is 5. The molecule has 7 nitrogen and oxygen atoms in total. The third-order valence-corrected chi connectivity index (χ3v) is 7.22. The van der Waals surface area contributed by atoms with Crippen molar-refractivity contribution in [1.82, 2.24) is 24.9 Å². The Morgan fingerprint density at radius 2 is 1.93 bits per heavy atom. The van der Waals surface area contributed by atoms with Crippen molar-refractivity contribution in [3.63, 3.8) is 0 Å². The summed E-state index contributed by atoms with van der Waals surface area (Å²) in [5, 5.41) is 8.47. The number of hydrogen-bond donors (Lipinski definition) is 1. The standard InChI is InChI=1S/C20H29N5O2S/c1-14-16-13-17(28-20(16)23(2)22-14)18(26)21-7-8-24-9-11-25(12-10-24)19(27)15-5-3-4-6-15/h13,15H,3-12H2,1-2H3,(H,21,26). The first-order valence-corrected chi connectivity index (χ1v) is 11.1. The Labute approximate surface area is 169 Å². The molecular formula is C20H29N5O2S. The number of nitrogens with zero attached hydrogens (tertiary/aromatic N) is 4. The van der Waals surface area contributed by atoms with Crippen LogP contribution in [0.25, 0.3) is 10.2 Å². The molecule has 0 aromatic carbocycles. The van der Waals surface area contributed by atoms with Crippen LogP contribution >= 0.6 is 11.3 Å². The van der Waals surface area contributed by atoms with Crippen LogP contribution in [-0.2, 0) is 11.8 Å². The Kier molecular flexibility index (Phi) is 5.68. The molecule has 1 saturated carbocycles. The Balaban J connectivity index is 1.21. The van der Waals surface area contributed by atoms with Crippen LogP contribution in [0.4, 0.5) is 0 Å². The van der Waals surface area contributed by atoms with Gasteiger partial charge in [-0.15, -0.1) is 11.3 Å². The van der Waals surface area contributed by atoms with Gasteiger partial charge in [-0.3, -0.25) is 19.2 Å². The van der Waals surface area contributed by atoms with Gasteiger partial charge in [0.1, 0.15) is 4.83 Å². The molecule has 0 bridgehead atoms. The van der Waals surface area contributed by atoms with E-state index in [1.165, 1.54) is 24.2 Å². The van der Waals surface area contributed by atoms with E-state index in [1.54, 1.807) is 0 Å². The van der Waals surface area contributed by atoms with Gasteiger partial charge in [0.25, 0.3) is 5.91 Å². The molecule has 2 aromatic rings. The van der Waals surface area contributed by atoms with Gasteiger partial charge in [-0.2, -0.15) is 5.10 Å². The summed E-state index contributed by atoms with van der Waals surface area (Å²) in [6.45, 7) is 6.82. The lowest BCUT2D eigenvalue weighted by molar-refractivity contribution is -0.137. The fourth-order valence-corrected chi connectivity index (χ4v) is 5.39. The van der Waals surface area contributed by atoms with Gasteiger partial charge in [0.2, 0.25) is 5.91 Å². The minimum Gasteiger partial charge on any atom is -0.350 e. The lowest BCUT2D eigenvalue weighted by Gasteiger charge is -2.36. The minimum atomic E-state index is -0.0179. The summed E-state index contributed by atoms with van der Waals surface area (Å²) in [6, 6.07) is 1.94. The third-order valence-electron chi connectivity index (χ3n) is 6.02. The minimum absolute atomic E-state index is 0.0179. The Bertz CT molecular complexity index is 825. The van der Waals surface area contributed by atoms with Crippen LogP contribution < -0.4 is 5.32 Å². The highest BCUT2D eigenvalue weighted by Crippen LogP contribution is 2.28. The summed E-state index contributed by atoms with van der Waals surface area (Å²) in [6.07, 6.45) is 4.54. The van der Waals surface area contributed by atoms with Crippen molar-refractivity contribution in [2.75, 3.05) is 39.3 Å². The molecule has 1 saturated heterocycles. The van der Waals surface area contributed by atoms with E-state index in [2.05, 4.69) is 15.3 Å². The predicted octanol–water partition coefficient (Wildman–Crippen LogP) is 2.01. The first-order valence-electron chi connectivity index (χ1n) is 10.3. The number of fused-ring (bicyclic) bond motifs is 1. The zero-order valence-electron chi connectivity index (χ0n) is 16.7. The highest BCUT2D eigenvalue weighted by atomic mass is 32.1. The first kappa shape index (κ1) is 19.4. The number of carbonyl (C=O) groups excluding carboxylic acids is 2. The van der Waals surface area contributed by atoms with Crippen molar-refractivity contribution in [3.8, 4) is 0 Å². The van der Waals surface area contributed by atoms with Crippen LogP contribution in [0.5, 0.6) is 0 Å². The Morgan fingerprint density at radius 3 is 2.61 bits per heavy atom. The zero-order valence-corrected chi connectivity index (χ0v) is 17.6. The van der Waals surface area contributed by atoms with Crippen molar-refractivity contribution in [3.05, 3.63) is 16.6 Å². The van der Waals surface area contributed by atoms with Crippen LogP contribution in [0.15, 0.2) is 6.07 Å². The smallest absolute Gasteiger partial charge is 0.261 e. The third kappa shape index (κ3) is 3.93. The number of aryl methyl sites for hydroxylation is 2. The van der Waals surface area contributed by atoms with Crippen LogP contribution in [0.1, 0.15) is 41.0 Å². The molecule has 152 valence electrons. The molecule has 2 aromatic heterocycles. The molecule has 4 rings (SSSR count). The van der Waals surface area contributed by atoms with Gasteiger partial charge >= 0.3 is 0 Å². The summed E-state index contributed by atoms with van der Waals surface area (Å²) in [7, 11) is 1.91. The topological polar surface area (TPSA) is 70.5 Å². The summed E-state index contributed by atoms with van der Waals surface area (Å²) in [4.78, 5) is 31.1. The molecular weight excluding hydrogens is 374 g/mol. The molecule has 2 aliphatic rings. The number of aromatic nitrogens is 2. The molecule has 0 radical (unpaired) electrons. The van der Waals surface area contributed by atoms with E-state index >= 15 is 0 Å². The van der Waals surface area contributed by atoms with Gasteiger partial charge in [0.05, 0.1) is 10.6 Å². The molecule has 1 aliphatic heterocycles. The first-order chi connectivity index (χ1) is 13.5. The number of amides is 2. The van der Waals surface area contributed by atoms with Gasteiger partial charge in [-0.05, 0) is 25.8 Å². The van der Waals surface area contributed by atoms with Crippen LogP contribution in [0.3, 0.4) is 0 Å². The summed E-state index contributed by atoms with van der Waals surface area (Å²) < 4.78 is 1.83. The van der Waals surface area contributed by atoms with Crippen molar-refractivity contribution >= 4 is 33.4 Å². The number of thiophene rings is 1. The highest BCUT2D eigenvalue weighted by Gasteiger charge is 2.29. The summed E-state index contributed by atoms with van der Waals surface area (Å²) in [5.41, 5.74) is 0.956. The second kappa shape index (κ2) is 8.21. The molecule has 0 spiro atoms. The van der Waals surface area contributed by atoms with Crippen LogP contribution in [0.2, 0.25) is 0 Å². The summed E-state index contributed by atoms with van der Waals surface area (Å²) >= 11 is 1.48. The normalized spacial score (nSPS) is 18.9. The van der Waals surface area contributed by atoms with E-state index in [0.29, 0.717) is 12.5 Å². The number of carbonyl (C=O) groups is 2. The van der Waals surface area contributed by atoms with Crippen molar-refractivity contribution in [2.24, 2.45) is 13.0 Å². The molecule has 28 heavy (non-hydrogen) atoms. The average Bonchev–Trinajstić information content (AvgIpc) is 3.42. The van der Waals surface area contributed by atoms with E-state index in [4.69, 9.17) is 0 Å². The maximum Gasteiger partial charge on any atom is 0.261 e. The van der Waals surface area contributed by atoms with Gasteiger partial charge in [0.15, 0.2) is 0 Å². The van der Waals surface area contributed by atoms with Gasteiger partial charge < -0.3 is 10.2 Å². The second-order valence-electron chi connectivity index (χ2n) is 7.94. The molecule has 8 heteroatoms. The average molecular weight is 404 g/mol. The SMILES string of the molecule is Cc1nn(C)c2sc(C(=O)NCCN3CCN(C(=O)C4CCCC4)CC3)cc12. The number of nitrogens with one attached hydrogen (secondary N) is 1. The number of piperazine rings is 1. The van der Waals surface area contributed by atoms with Crippen molar-refractivity contribution < 1.29 is 9.59 Å². The second-order valence-corrected chi connectivity index (χ2v) is 8.97. The molecule has 2 amide bonds. The Morgan fingerprint density at radius 1 is 1.21 bits per heavy atom. The molecule has 1 N–H and O–H groups in total. The van der Waals surface area contributed by atoms with Gasteiger partial charge in [0, 0.05) is 57.6 Å². The fraction of sp³-hybridized carbons (Fsp3) is 0.650. The Hall–Kier alpha value is -1.93. The largest absolute Gasteiger partial charge is 0.350 e. The molecule has 1 aliphatic carbocycles. The van der Waals surface area contributed by atoms with Gasteiger partial charge in [-0.25, -0.2) is 0 Å². The van der Waals surface area contributed by atoms with Crippen molar-refractivity contribution in [2.45, 2.75) is 32.6 Å². The van der Waals surface area contributed by atoms with E-state index in [9.17, 15) is 9.59 Å². The molecule has 3 heterocycles. The maximum absolute atomic E-state index is 12.5. The van der Waals surface area contributed by atoms with Gasteiger partial charge in [-0.1, -0.05) is 12.8 Å². The van der Waals surface area contributed by atoms with Crippen LogP contribution in [0, 0.1) is 12.8 Å². The van der Waals surface area contributed by atoms with Crippen LogP contribution in [-0.4, -0.2) is 70.7 Å². The van der Waals surface area contributed by atoms with E-state index < -0.39 is 0 Å². The zero-order chi connectivity index (χ0) is 19.7. The number of hydrogen-bond acceptors (Lipinski definition) is 5. The lowest BCUT2D eigenvalue weighted by Crippen LogP contribution is -2.51. The molecule has 0 atom stereocenters. The van der Waals surface area contributed by atoms with E-state index in [0.717, 1.165) is 66.4 Å². The predicted molar refractivity (Wildman–Crippen MR) is 111 cm³/mol. The van der Waals surface area contributed by atoms with E-state index in [1.807, 2.05) is 29.6 Å². The monoisotopic (exact) mass is 403 g/mol. The summed E-state index contributed by atoms with van der Waals surface area (Å²) in [5.74, 6) is 0.613. The highest BCUT2D eigenvalue weighted by molar-refractivity contribution is 7.20. The maximum atomic E-state index is 12.5. The fourth-order valence-electron chi connectivity index (χ4n) is 4.35. The molecule has 2 fully saturated rings. The molecule has 0 unspecified atom stereocenters. The lowest BCUT2D eigenvalue weighted by atomic mass is 10.1. The quantitative estimate of drug-likeness (QED) is 0.829.